The minimum absolute atomic E-state index is 0.0458. The molecule has 11 heavy (non-hydrogen) atoms. The highest BCUT2D eigenvalue weighted by Gasteiger charge is 2.10. The maximum atomic E-state index is 10.3. The second-order valence-corrected chi connectivity index (χ2v) is 3.82. The Morgan fingerprint density at radius 1 is 1.55 bits per heavy atom. The molecule has 0 radical (unpaired) electrons. The summed E-state index contributed by atoms with van der Waals surface area (Å²) in [5.41, 5.74) is 0. The predicted octanol–water partition coefficient (Wildman–Crippen LogP) is -1.16. The maximum absolute atomic E-state index is 10.3. The van der Waals surface area contributed by atoms with Gasteiger partial charge in [-0.2, -0.15) is 8.42 Å². The van der Waals surface area contributed by atoms with Gasteiger partial charge in [0.2, 0.25) is 0 Å². The Morgan fingerprint density at radius 3 is 2.45 bits per heavy atom. The second-order valence-electron chi connectivity index (χ2n) is 2.33. The summed E-state index contributed by atoms with van der Waals surface area (Å²) in [6.07, 6.45) is 0. The summed E-state index contributed by atoms with van der Waals surface area (Å²) in [7, 11) is -3.90. The number of nitrogens with one attached hydrogen (secondary N) is 1. The van der Waals surface area contributed by atoms with Crippen molar-refractivity contribution in [2.75, 3.05) is 18.9 Å². The Labute approximate surface area is 66.2 Å². The lowest BCUT2D eigenvalue weighted by molar-refractivity contribution is 0.287. The normalized spacial score (nSPS) is 14.8. The van der Waals surface area contributed by atoms with E-state index in [4.69, 9.17) is 9.66 Å². The fourth-order valence-corrected chi connectivity index (χ4v) is 1.44. The van der Waals surface area contributed by atoms with Crippen LogP contribution in [0.1, 0.15) is 6.92 Å². The van der Waals surface area contributed by atoms with Crippen LogP contribution in [-0.4, -0.2) is 43.0 Å². The van der Waals surface area contributed by atoms with Gasteiger partial charge in [-0.05, 0) is 6.92 Å². The van der Waals surface area contributed by atoms with Crippen molar-refractivity contribution in [3.63, 3.8) is 0 Å². The number of aliphatic hydroxyl groups is 1. The SMILES string of the molecule is CC(CS(=O)(=O)O)NCCO. The Morgan fingerprint density at radius 2 is 2.09 bits per heavy atom. The molecule has 5 nitrogen and oxygen atoms in total. The molecule has 0 aliphatic rings. The summed E-state index contributed by atoms with van der Waals surface area (Å²) in [4.78, 5) is 0. The van der Waals surface area contributed by atoms with Crippen LogP contribution in [0.5, 0.6) is 0 Å². The van der Waals surface area contributed by atoms with Gasteiger partial charge in [-0.3, -0.25) is 4.55 Å². The Balaban J connectivity index is 3.61. The molecule has 0 bridgehead atoms. The van der Waals surface area contributed by atoms with Gasteiger partial charge < -0.3 is 10.4 Å². The van der Waals surface area contributed by atoms with Crippen molar-refractivity contribution in [3.8, 4) is 0 Å². The summed E-state index contributed by atoms with van der Waals surface area (Å²) in [5, 5.41) is 11.0. The third-order valence-electron chi connectivity index (χ3n) is 1.07. The molecule has 0 aliphatic carbocycles. The van der Waals surface area contributed by atoms with Crippen molar-refractivity contribution in [2.45, 2.75) is 13.0 Å². The van der Waals surface area contributed by atoms with Crippen LogP contribution >= 0.6 is 0 Å². The van der Waals surface area contributed by atoms with Crippen LogP contribution in [0.25, 0.3) is 0 Å². The van der Waals surface area contributed by atoms with E-state index in [1.54, 1.807) is 6.92 Å². The zero-order valence-electron chi connectivity index (χ0n) is 6.32. The Hall–Kier alpha value is -0.170. The minimum Gasteiger partial charge on any atom is -0.395 e. The van der Waals surface area contributed by atoms with Crippen molar-refractivity contribution in [1.82, 2.24) is 5.32 Å². The van der Waals surface area contributed by atoms with E-state index in [0.717, 1.165) is 0 Å². The van der Waals surface area contributed by atoms with Gasteiger partial charge in [-0.1, -0.05) is 0 Å². The first kappa shape index (κ1) is 10.8. The maximum Gasteiger partial charge on any atom is 0.266 e. The van der Waals surface area contributed by atoms with E-state index in [0.29, 0.717) is 6.54 Å². The molecule has 1 atom stereocenters. The molecule has 0 saturated carbocycles. The quantitative estimate of drug-likeness (QED) is 0.468. The first-order valence-corrected chi connectivity index (χ1v) is 4.86. The molecule has 0 amide bonds. The first-order chi connectivity index (χ1) is 4.95. The summed E-state index contributed by atoms with van der Waals surface area (Å²) in [5.74, 6) is -0.326. The molecule has 68 valence electrons. The van der Waals surface area contributed by atoms with Crippen molar-refractivity contribution in [2.24, 2.45) is 0 Å². The molecule has 0 saturated heterocycles. The van der Waals surface area contributed by atoms with Crippen LogP contribution in [-0.2, 0) is 10.1 Å². The van der Waals surface area contributed by atoms with Crippen LogP contribution in [0.4, 0.5) is 0 Å². The number of rotatable bonds is 5. The van der Waals surface area contributed by atoms with E-state index in [1.807, 2.05) is 0 Å². The zero-order valence-corrected chi connectivity index (χ0v) is 7.13. The predicted molar refractivity (Wildman–Crippen MR) is 41.0 cm³/mol. The van der Waals surface area contributed by atoms with E-state index >= 15 is 0 Å². The molecule has 0 rings (SSSR count). The molecule has 0 fully saturated rings. The number of hydrogen-bond acceptors (Lipinski definition) is 4. The fraction of sp³-hybridized carbons (Fsp3) is 1.00. The van der Waals surface area contributed by atoms with Crippen LogP contribution < -0.4 is 5.32 Å². The minimum atomic E-state index is -3.90. The van der Waals surface area contributed by atoms with Crippen LogP contribution in [0, 0.1) is 0 Å². The Kier molecular flexibility index (Phi) is 4.58. The number of aliphatic hydroxyl groups excluding tert-OH is 1. The average molecular weight is 183 g/mol. The lowest BCUT2D eigenvalue weighted by atomic mass is 10.4. The highest BCUT2D eigenvalue weighted by Crippen LogP contribution is 1.88. The molecular formula is C5H13NO4S. The van der Waals surface area contributed by atoms with E-state index in [2.05, 4.69) is 5.32 Å². The third kappa shape index (κ3) is 7.73. The number of hydrogen-bond donors (Lipinski definition) is 3. The lowest BCUT2D eigenvalue weighted by Crippen LogP contribution is -2.34. The average Bonchev–Trinajstić information content (AvgIpc) is 1.79. The highest BCUT2D eigenvalue weighted by molar-refractivity contribution is 7.85. The zero-order chi connectivity index (χ0) is 8.91. The van der Waals surface area contributed by atoms with Crippen molar-refractivity contribution in [1.29, 1.82) is 0 Å². The van der Waals surface area contributed by atoms with Gasteiger partial charge in [0.1, 0.15) is 0 Å². The van der Waals surface area contributed by atoms with Gasteiger partial charge >= 0.3 is 0 Å². The van der Waals surface area contributed by atoms with Gasteiger partial charge in [0.25, 0.3) is 10.1 Å². The van der Waals surface area contributed by atoms with Gasteiger partial charge in [0.05, 0.1) is 12.4 Å². The molecule has 3 N–H and O–H groups in total. The van der Waals surface area contributed by atoms with Gasteiger partial charge in [-0.25, -0.2) is 0 Å². The second kappa shape index (κ2) is 4.66. The van der Waals surface area contributed by atoms with Crippen molar-refractivity contribution < 1.29 is 18.1 Å². The summed E-state index contributed by atoms with van der Waals surface area (Å²) < 4.78 is 28.9. The highest BCUT2D eigenvalue weighted by atomic mass is 32.2. The summed E-state index contributed by atoms with van der Waals surface area (Å²) >= 11 is 0. The molecule has 0 spiro atoms. The van der Waals surface area contributed by atoms with Crippen LogP contribution in [0.15, 0.2) is 0 Å². The molecular weight excluding hydrogens is 170 g/mol. The molecule has 0 aliphatic heterocycles. The largest absolute Gasteiger partial charge is 0.395 e. The molecule has 6 heteroatoms. The monoisotopic (exact) mass is 183 g/mol. The first-order valence-electron chi connectivity index (χ1n) is 3.25. The summed E-state index contributed by atoms with van der Waals surface area (Å²) in [6.45, 7) is 1.90. The van der Waals surface area contributed by atoms with Crippen LogP contribution in [0.2, 0.25) is 0 Å². The Bertz CT molecular complexity index is 189. The van der Waals surface area contributed by atoms with Gasteiger partial charge in [-0.15, -0.1) is 0 Å². The standard InChI is InChI=1S/C5H13NO4S/c1-5(6-2-3-7)4-11(8,9)10/h5-7H,2-4H2,1H3,(H,8,9,10). The fourth-order valence-electron chi connectivity index (χ4n) is 0.686. The molecule has 0 aromatic rings. The van der Waals surface area contributed by atoms with Crippen LogP contribution in [0.3, 0.4) is 0 Å². The van der Waals surface area contributed by atoms with Crippen molar-refractivity contribution in [3.05, 3.63) is 0 Å². The molecule has 0 heterocycles. The van der Waals surface area contributed by atoms with Gasteiger partial charge in [0, 0.05) is 12.6 Å². The smallest absolute Gasteiger partial charge is 0.266 e. The van der Waals surface area contributed by atoms with Gasteiger partial charge in [0.15, 0.2) is 0 Å². The lowest BCUT2D eigenvalue weighted by Gasteiger charge is -2.09. The summed E-state index contributed by atoms with van der Waals surface area (Å²) in [6, 6.07) is -0.336. The third-order valence-corrected chi connectivity index (χ3v) is 1.99. The van der Waals surface area contributed by atoms with E-state index in [1.165, 1.54) is 0 Å². The molecule has 1 unspecified atom stereocenters. The van der Waals surface area contributed by atoms with E-state index in [-0.39, 0.29) is 18.4 Å². The molecule has 0 aromatic carbocycles. The molecule has 0 aromatic heterocycles. The van der Waals surface area contributed by atoms with E-state index in [9.17, 15) is 8.42 Å². The van der Waals surface area contributed by atoms with E-state index < -0.39 is 10.1 Å². The van der Waals surface area contributed by atoms with Crippen molar-refractivity contribution >= 4 is 10.1 Å². The topological polar surface area (TPSA) is 86.6 Å².